The first kappa shape index (κ1) is 13.0. The van der Waals surface area contributed by atoms with Crippen LogP contribution >= 0.6 is 19.3 Å². The van der Waals surface area contributed by atoms with E-state index in [0.717, 1.165) is 0 Å². The van der Waals surface area contributed by atoms with E-state index in [1.54, 1.807) is 55.6 Å². The van der Waals surface area contributed by atoms with Crippen LogP contribution in [-0.4, -0.2) is 13.1 Å². The number of hydrogen-bond donors (Lipinski definition) is 0. The van der Waals surface area contributed by atoms with E-state index in [0.29, 0.717) is 20.6 Å². The van der Waals surface area contributed by atoms with Crippen molar-refractivity contribution in [3.05, 3.63) is 57.7 Å². The number of ether oxygens (including phenoxy) is 1. The molecule has 0 aliphatic carbocycles. The molecule has 0 spiro atoms. The van der Waals surface area contributed by atoms with Crippen molar-refractivity contribution in [3.8, 4) is 11.5 Å². The summed E-state index contributed by atoms with van der Waals surface area (Å²) >= 11 is -4.46. The van der Waals surface area contributed by atoms with E-state index in [-0.39, 0.29) is 0 Å². The van der Waals surface area contributed by atoms with E-state index in [1.807, 2.05) is 0 Å². The number of rotatable bonds is 3. The summed E-state index contributed by atoms with van der Waals surface area (Å²) < 4.78 is 28.6. The van der Waals surface area contributed by atoms with Crippen molar-refractivity contribution < 1.29 is 18.7 Å². The molecule has 0 saturated carbocycles. The Morgan fingerprint density at radius 1 is 1.00 bits per heavy atom. The van der Waals surface area contributed by atoms with E-state index in [2.05, 4.69) is 0 Å². The summed E-state index contributed by atoms with van der Waals surface area (Å²) in [5.74, 6) is 0.440. The van der Waals surface area contributed by atoms with Gasteiger partial charge in [-0.3, -0.25) is 0 Å². The van der Waals surface area contributed by atoms with Crippen molar-refractivity contribution >= 4 is 25.2 Å². The van der Waals surface area contributed by atoms with Crippen LogP contribution in [0.15, 0.2) is 48.5 Å². The average Bonchev–Trinajstić information content (AvgIpc) is 2.72. The monoisotopic (exact) mass is 386 g/mol. The van der Waals surface area contributed by atoms with Crippen LogP contribution in [0.4, 0.5) is 0 Å². The zero-order valence-electron chi connectivity index (χ0n) is 10.5. The van der Waals surface area contributed by atoms with Gasteiger partial charge in [0.25, 0.3) is 0 Å². The Morgan fingerprint density at radius 3 is 2.35 bits per heavy atom. The van der Waals surface area contributed by atoms with Gasteiger partial charge in [-0.25, -0.2) is 0 Å². The molecule has 0 aromatic heterocycles. The summed E-state index contributed by atoms with van der Waals surface area (Å²) in [5.41, 5.74) is 0.312. The second-order valence-corrected chi connectivity index (χ2v) is 8.46. The minimum absolute atomic E-state index is 0.312. The molecule has 1 unspecified atom stereocenters. The molecule has 2 aromatic carbocycles. The van der Waals surface area contributed by atoms with Gasteiger partial charge in [0.05, 0.1) is 0 Å². The third-order valence-corrected chi connectivity index (χ3v) is 7.20. The number of hydrogen-bond acceptors (Lipinski definition) is 5. The number of halogens is 1. The molecule has 0 saturated heterocycles. The van der Waals surface area contributed by atoms with Crippen molar-refractivity contribution in [2.75, 3.05) is 7.11 Å². The minimum atomic E-state index is -4.46. The predicted octanol–water partition coefficient (Wildman–Crippen LogP) is 3.33. The third kappa shape index (κ3) is 2.15. The molecule has 0 bridgehead atoms. The Balaban J connectivity index is 1.94. The van der Waals surface area contributed by atoms with Gasteiger partial charge in [0, 0.05) is 0 Å². The average molecular weight is 386 g/mol. The van der Waals surface area contributed by atoms with Crippen molar-refractivity contribution in [3.63, 3.8) is 0 Å². The topological polar surface area (TPSA) is 61.8 Å². The van der Waals surface area contributed by atoms with Crippen LogP contribution in [-0.2, 0) is 6.14 Å². The van der Waals surface area contributed by atoms with Gasteiger partial charge in [-0.15, -0.1) is 0 Å². The zero-order chi connectivity index (χ0) is 14.2. The van der Waals surface area contributed by atoms with E-state index < -0.39 is 25.2 Å². The van der Waals surface area contributed by atoms with Gasteiger partial charge >= 0.3 is 120 Å². The molecule has 1 aliphatic rings. The number of carbonyl (C=O) groups is 1. The Hall–Kier alpha value is -1.96. The van der Waals surface area contributed by atoms with Crippen LogP contribution in [0, 0.1) is 3.57 Å². The molecular formula is C14H11IO5. The Kier molecular flexibility index (Phi) is 3.17. The van der Waals surface area contributed by atoms with E-state index in [1.165, 1.54) is 0 Å². The summed E-state index contributed by atoms with van der Waals surface area (Å²) in [7, 11) is 1.55. The molecule has 1 atom stereocenters. The van der Waals surface area contributed by atoms with Gasteiger partial charge < -0.3 is 0 Å². The summed E-state index contributed by atoms with van der Waals surface area (Å²) in [6.45, 7) is 0. The molecule has 20 heavy (non-hydrogen) atoms. The van der Waals surface area contributed by atoms with Crippen molar-refractivity contribution in [1.29, 1.82) is 0 Å². The van der Waals surface area contributed by atoms with Crippen LogP contribution in [0.1, 0.15) is 10.4 Å². The maximum absolute atomic E-state index is 12.7. The molecule has 2 aromatic rings. The van der Waals surface area contributed by atoms with Crippen LogP contribution in [0.2, 0.25) is 0 Å². The van der Waals surface area contributed by atoms with Crippen molar-refractivity contribution in [2.45, 2.75) is 0 Å². The summed E-state index contributed by atoms with van der Waals surface area (Å²) in [5, 5.41) is 0. The van der Waals surface area contributed by atoms with Crippen LogP contribution in [0.25, 0.3) is 0 Å². The van der Waals surface area contributed by atoms with Gasteiger partial charge in [-0.05, 0) is 0 Å². The summed E-state index contributed by atoms with van der Waals surface area (Å²) in [6, 6.07) is 13.2. The molecule has 0 fully saturated rings. The molecule has 1 heterocycles. The Labute approximate surface area is 120 Å². The summed E-state index contributed by atoms with van der Waals surface area (Å²) in [6.07, 6.45) is 0. The molecule has 0 amide bonds. The Morgan fingerprint density at radius 2 is 1.65 bits per heavy atom. The molecule has 3 rings (SSSR count). The first-order valence-electron chi connectivity index (χ1n) is 5.78. The fraction of sp³-hybridized carbons (Fsp3) is 0.0714. The first-order valence-corrected chi connectivity index (χ1v) is 9.50. The van der Waals surface area contributed by atoms with E-state index in [9.17, 15) is 7.86 Å². The van der Waals surface area contributed by atoms with E-state index in [4.69, 9.17) is 10.9 Å². The molecule has 5 nitrogen and oxygen atoms in total. The fourth-order valence-electron chi connectivity index (χ4n) is 1.81. The van der Waals surface area contributed by atoms with Gasteiger partial charge in [0.2, 0.25) is 0 Å². The Bertz CT molecular complexity index is 708. The van der Waals surface area contributed by atoms with Crippen molar-refractivity contribution in [1.82, 2.24) is 0 Å². The van der Waals surface area contributed by atoms with Crippen LogP contribution in [0.5, 0.6) is 11.5 Å². The molecular weight excluding hydrogens is 375 g/mol. The third-order valence-electron chi connectivity index (χ3n) is 2.76. The number of fused-ring (bicyclic) bond motifs is 1. The SMILES string of the molecule is COc1ccc(OI2(=O)OC(=O)c3ccccc32)cc1. The van der Waals surface area contributed by atoms with Gasteiger partial charge in [0.15, 0.2) is 0 Å². The van der Waals surface area contributed by atoms with Crippen LogP contribution in [0.3, 0.4) is 0 Å². The fourth-order valence-corrected chi connectivity index (χ4v) is 5.86. The summed E-state index contributed by atoms with van der Waals surface area (Å²) in [4.78, 5) is 11.7. The molecule has 104 valence electrons. The normalized spacial score (nSPS) is 23.4. The predicted molar refractivity (Wildman–Crippen MR) is 78.9 cm³/mol. The molecule has 0 N–H and O–H groups in total. The van der Waals surface area contributed by atoms with Crippen molar-refractivity contribution in [2.24, 2.45) is 0 Å². The zero-order valence-corrected chi connectivity index (χ0v) is 12.7. The second-order valence-electron chi connectivity index (χ2n) is 4.02. The second kappa shape index (κ2) is 4.86. The van der Waals surface area contributed by atoms with E-state index >= 15 is 0 Å². The maximum atomic E-state index is 12.7. The van der Waals surface area contributed by atoms with Crippen LogP contribution < -0.4 is 7.80 Å². The first-order chi connectivity index (χ1) is 9.62. The molecule has 1 aliphatic heterocycles. The quantitative estimate of drug-likeness (QED) is 0.758. The standard InChI is InChI=1S/C14H11IO5/c1-18-10-6-8-11(9-7-10)19-15(17)13-5-3-2-4-12(13)14(16)20-15/h2-9H,1H3. The number of benzene rings is 2. The molecule has 6 heteroatoms. The molecule has 0 radical (unpaired) electrons. The van der Waals surface area contributed by atoms with Gasteiger partial charge in [0.1, 0.15) is 0 Å². The number of methoxy groups -OCH3 is 1. The van der Waals surface area contributed by atoms with Gasteiger partial charge in [-0.2, -0.15) is 0 Å². The van der Waals surface area contributed by atoms with Gasteiger partial charge in [-0.1, -0.05) is 0 Å². The number of carbonyl (C=O) groups excluding carboxylic acids is 1.